The summed E-state index contributed by atoms with van der Waals surface area (Å²) in [5, 5.41) is 0. The van der Waals surface area contributed by atoms with Gasteiger partial charge in [0.2, 0.25) is 0 Å². The fraction of sp³-hybridized carbons (Fsp3) is 0.167. The zero-order chi connectivity index (χ0) is 15.1. The van der Waals surface area contributed by atoms with E-state index in [0.29, 0.717) is 18.7 Å². The van der Waals surface area contributed by atoms with Crippen molar-refractivity contribution in [3.8, 4) is 0 Å². The lowest BCUT2D eigenvalue weighted by Gasteiger charge is -2.24. The first kappa shape index (κ1) is 14.9. The first-order valence-corrected chi connectivity index (χ1v) is 6.89. The van der Waals surface area contributed by atoms with Crippen molar-refractivity contribution in [2.45, 2.75) is 6.92 Å². The van der Waals surface area contributed by atoms with Crippen molar-refractivity contribution in [1.82, 2.24) is 0 Å². The summed E-state index contributed by atoms with van der Waals surface area (Å²) in [5.74, 6) is -0.351. The maximum Gasteiger partial charge on any atom is 0.333 e. The number of hydrogen-bond donors (Lipinski definition) is 0. The van der Waals surface area contributed by atoms with E-state index in [4.69, 9.17) is 4.74 Å². The molecule has 0 spiro atoms. The van der Waals surface area contributed by atoms with Crippen molar-refractivity contribution in [1.29, 1.82) is 0 Å². The minimum absolute atomic E-state index is 0.315. The third kappa shape index (κ3) is 4.21. The van der Waals surface area contributed by atoms with Crippen molar-refractivity contribution in [3.05, 3.63) is 72.8 Å². The van der Waals surface area contributed by atoms with Gasteiger partial charge in [-0.25, -0.2) is 4.79 Å². The van der Waals surface area contributed by atoms with Crippen molar-refractivity contribution in [2.24, 2.45) is 0 Å². The number of carbonyl (C=O) groups is 1. The molecule has 0 radical (unpaired) electrons. The molecule has 108 valence electrons. The van der Waals surface area contributed by atoms with Gasteiger partial charge in [-0.05, 0) is 31.2 Å². The first-order chi connectivity index (χ1) is 10.2. The van der Waals surface area contributed by atoms with Crippen LogP contribution in [0.5, 0.6) is 0 Å². The van der Waals surface area contributed by atoms with Crippen molar-refractivity contribution in [2.75, 3.05) is 18.1 Å². The molecule has 2 aromatic rings. The van der Waals surface area contributed by atoms with Gasteiger partial charge in [-0.2, -0.15) is 0 Å². The van der Waals surface area contributed by atoms with Gasteiger partial charge in [0.15, 0.2) is 0 Å². The summed E-state index contributed by atoms with van der Waals surface area (Å²) >= 11 is 0. The van der Waals surface area contributed by atoms with Crippen molar-refractivity contribution in [3.63, 3.8) is 0 Å². The fourth-order valence-electron chi connectivity index (χ4n) is 1.98. The third-order valence-corrected chi connectivity index (χ3v) is 3.03. The lowest BCUT2D eigenvalue weighted by atomic mass is 10.2. The molecule has 0 bridgehead atoms. The Morgan fingerprint density at radius 1 is 1.00 bits per heavy atom. The Hall–Kier alpha value is -2.55. The topological polar surface area (TPSA) is 29.5 Å². The highest BCUT2D eigenvalue weighted by Crippen LogP contribution is 2.24. The van der Waals surface area contributed by atoms with Gasteiger partial charge in [0.05, 0.1) is 6.54 Å². The van der Waals surface area contributed by atoms with Gasteiger partial charge in [-0.3, -0.25) is 0 Å². The Morgan fingerprint density at radius 2 is 1.48 bits per heavy atom. The minimum atomic E-state index is -0.351. The molecule has 21 heavy (non-hydrogen) atoms. The minimum Gasteiger partial charge on any atom is -0.460 e. The van der Waals surface area contributed by atoms with Crippen LogP contribution in [0.15, 0.2) is 72.8 Å². The Balaban J connectivity index is 2.10. The summed E-state index contributed by atoms with van der Waals surface area (Å²) in [7, 11) is 0. The summed E-state index contributed by atoms with van der Waals surface area (Å²) < 4.78 is 5.20. The third-order valence-electron chi connectivity index (χ3n) is 3.03. The molecule has 0 N–H and O–H groups in total. The van der Waals surface area contributed by atoms with Crippen LogP contribution in [0.1, 0.15) is 6.92 Å². The van der Waals surface area contributed by atoms with Gasteiger partial charge in [-0.15, -0.1) is 0 Å². The highest BCUT2D eigenvalue weighted by atomic mass is 16.5. The zero-order valence-electron chi connectivity index (χ0n) is 12.2. The molecule has 2 rings (SSSR count). The summed E-state index contributed by atoms with van der Waals surface area (Å²) in [6.07, 6.45) is 0. The van der Waals surface area contributed by atoms with Crippen LogP contribution < -0.4 is 4.90 Å². The molecule has 0 fully saturated rings. The molecule has 0 amide bonds. The van der Waals surface area contributed by atoms with E-state index in [1.54, 1.807) is 6.92 Å². The molecule has 0 atom stereocenters. The van der Waals surface area contributed by atoms with E-state index in [9.17, 15) is 4.79 Å². The molecule has 2 aromatic carbocycles. The lowest BCUT2D eigenvalue weighted by Crippen LogP contribution is -2.23. The number of esters is 1. The summed E-state index contributed by atoms with van der Waals surface area (Å²) in [5.41, 5.74) is 2.55. The van der Waals surface area contributed by atoms with Gasteiger partial charge < -0.3 is 9.64 Å². The average Bonchev–Trinajstić information content (AvgIpc) is 2.53. The number of hydrogen-bond acceptors (Lipinski definition) is 3. The van der Waals surface area contributed by atoms with Crippen LogP contribution in [0.3, 0.4) is 0 Å². The van der Waals surface area contributed by atoms with E-state index in [2.05, 4.69) is 11.5 Å². The molecule has 0 aliphatic carbocycles. The van der Waals surface area contributed by atoms with E-state index < -0.39 is 0 Å². The quantitative estimate of drug-likeness (QED) is 0.593. The summed E-state index contributed by atoms with van der Waals surface area (Å²) in [6, 6.07) is 20.1. The molecule has 3 heteroatoms. The van der Waals surface area contributed by atoms with E-state index in [0.717, 1.165) is 11.4 Å². The van der Waals surface area contributed by atoms with E-state index in [-0.39, 0.29) is 5.97 Å². The second-order valence-corrected chi connectivity index (χ2v) is 4.74. The Labute approximate surface area is 125 Å². The van der Waals surface area contributed by atoms with E-state index >= 15 is 0 Å². The standard InChI is InChI=1S/C18H19NO2/c1-15(2)18(20)21-14-13-19(16-9-5-3-6-10-16)17-11-7-4-8-12-17/h3-12H,1,13-14H2,2H3. The Kier molecular flexibility index (Phi) is 5.16. The number of anilines is 2. The van der Waals surface area contributed by atoms with Crippen LogP contribution in [0.4, 0.5) is 11.4 Å². The van der Waals surface area contributed by atoms with Crippen molar-refractivity contribution < 1.29 is 9.53 Å². The van der Waals surface area contributed by atoms with Gasteiger partial charge in [0.1, 0.15) is 6.61 Å². The lowest BCUT2D eigenvalue weighted by molar-refractivity contribution is -0.138. The molecule has 0 saturated heterocycles. The van der Waals surface area contributed by atoms with Crippen LogP contribution >= 0.6 is 0 Å². The first-order valence-electron chi connectivity index (χ1n) is 6.89. The van der Waals surface area contributed by atoms with E-state index in [1.807, 2.05) is 60.7 Å². The predicted octanol–water partition coefficient (Wildman–Crippen LogP) is 3.94. The average molecular weight is 281 g/mol. The van der Waals surface area contributed by atoms with Gasteiger partial charge in [0.25, 0.3) is 0 Å². The number of carbonyl (C=O) groups excluding carboxylic acids is 1. The number of benzene rings is 2. The highest BCUT2D eigenvalue weighted by Gasteiger charge is 2.10. The van der Waals surface area contributed by atoms with Gasteiger partial charge >= 0.3 is 5.97 Å². The summed E-state index contributed by atoms with van der Waals surface area (Å²) in [4.78, 5) is 13.6. The largest absolute Gasteiger partial charge is 0.460 e. The smallest absolute Gasteiger partial charge is 0.333 e. The zero-order valence-corrected chi connectivity index (χ0v) is 12.2. The van der Waals surface area contributed by atoms with Crippen molar-refractivity contribution >= 4 is 17.3 Å². The Morgan fingerprint density at radius 3 is 1.90 bits per heavy atom. The van der Waals surface area contributed by atoms with Crippen LogP contribution in [0.25, 0.3) is 0 Å². The Bertz CT molecular complexity index is 554. The molecule has 0 aromatic heterocycles. The SMILES string of the molecule is C=C(C)C(=O)OCCN(c1ccccc1)c1ccccc1. The van der Waals surface area contributed by atoms with Crippen LogP contribution in [0.2, 0.25) is 0 Å². The number of ether oxygens (including phenoxy) is 1. The second-order valence-electron chi connectivity index (χ2n) is 4.74. The molecule has 0 aliphatic heterocycles. The normalized spacial score (nSPS) is 9.95. The van der Waals surface area contributed by atoms with Gasteiger partial charge in [0, 0.05) is 16.9 Å². The molecule has 0 saturated carbocycles. The number of nitrogens with zero attached hydrogens (tertiary/aromatic N) is 1. The van der Waals surface area contributed by atoms with Crippen LogP contribution in [-0.4, -0.2) is 19.1 Å². The molecule has 0 aliphatic rings. The maximum absolute atomic E-state index is 11.5. The van der Waals surface area contributed by atoms with Crippen LogP contribution in [0, 0.1) is 0 Å². The fourth-order valence-corrected chi connectivity index (χ4v) is 1.98. The second kappa shape index (κ2) is 7.29. The molecule has 0 heterocycles. The number of para-hydroxylation sites is 2. The highest BCUT2D eigenvalue weighted by molar-refractivity contribution is 5.86. The molecular formula is C18H19NO2. The summed E-state index contributed by atoms with van der Waals surface area (Å²) in [6.45, 7) is 6.13. The van der Waals surface area contributed by atoms with E-state index in [1.165, 1.54) is 0 Å². The monoisotopic (exact) mass is 281 g/mol. The molecule has 0 unspecified atom stereocenters. The predicted molar refractivity (Wildman–Crippen MR) is 85.7 cm³/mol. The number of rotatable bonds is 6. The van der Waals surface area contributed by atoms with Gasteiger partial charge in [-0.1, -0.05) is 43.0 Å². The molecule has 3 nitrogen and oxygen atoms in total. The maximum atomic E-state index is 11.5. The van der Waals surface area contributed by atoms with Crippen LogP contribution in [-0.2, 0) is 9.53 Å². The molecular weight excluding hydrogens is 262 g/mol.